The average molecular weight is 215 g/mol. The molecule has 0 amide bonds. The van der Waals surface area contributed by atoms with Crippen molar-refractivity contribution in [1.29, 1.82) is 0 Å². The van der Waals surface area contributed by atoms with Gasteiger partial charge in [0.05, 0.1) is 0 Å². The van der Waals surface area contributed by atoms with Crippen LogP contribution >= 0.6 is 0 Å². The monoisotopic (exact) mass is 215 g/mol. The lowest BCUT2D eigenvalue weighted by Gasteiger charge is -2.34. The number of hydrogen-bond acceptors (Lipinski definition) is 1. The molecule has 2 aliphatic rings. The van der Waals surface area contributed by atoms with Gasteiger partial charge in [0.15, 0.2) is 0 Å². The lowest BCUT2D eigenvalue weighted by molar-refractivity contribution is 0.269. The fraction of sp³-hybridized carbons (Fsp3) is 0.600. The molecule has 1 heteroatoms. The van der Waals surface area contributed by atoms with Crippen LogP contribution in [0.4, 0.5) is 0 Å². The molecule has 3 unspecified atom stereocenters. The van der Waals surface area contributed by atoms with Gasteiger partial charge in [-0.2, -0.15) is 0 Å². The SMILES string of the molecule is Cc1ccccc1CC1(N)CC2CCC1C2. The van der Waals surface area contributed by atoms with Gasteiger partial charge < -0.3 is 5.73 Å². The van der Waals surface area contributed by atoms with Crippen LogP contribution in [0.2, 0.25) is 0 Å². The van der Waals surface area contributed by atoms with Gasteiger partial charge in [-0.15, -0.1) is 0 Å². The minimum Gasteiger partial charge on any atom is -0.325 e. The van der Waals surface area contributed by atoms with E-state index in [1.54, 1.807) is 0 Å². The third-order valence-electron chi connectivity index (χ3n) is 4.80. The first-order valence-electron chi connectivity index (χ1n) is 6.51. The predicted molar refractivity (Wildman–Crippen MR) is 67.2 cm³/mol. The van der Waals surface area contributed by atoms with Crippen molar-refractivity contribution in [2.75, 3.05) is 0 Å². The molecule has 0 aliphatic heterocycles. The number of benzene rings is 1. The molecule has 2 bridgehead atoms. The van der Waals surface area contributed by atoms with Gasteiger partial charge >= 0.3 is 0 Å². The summed E-state index contributed by atoms with van der Waals surface area (Å²) in [4.78, 5) is 0. The summed E-state index contributed by atoms with van der Waals surface area (Å²) in [5.41, 5.74) is 9.61. The largest absolute Gasteiger partial charge is 0.325 e. The van der Waals surface area contributed by atoms with E-state index in [1.807, 2.05) is 0 Å². The van der Waals surface area contributed by atoms with Crippen LogP contribution in [0.3, 0.4) is 0 Å². The Labute approximate surface area is 98.0 Å². The highest BCUT2D eigenvalue weighted by molar-refractivity contribution is 5.28. The van der Waals surface area contributed by atoms with Crippen LogP contribution in [0.25, 0.3) is 0 Å². The highest BCUT2D eigenvalue weighted by Crippen LogP contribution is 2.50. The summed E-state index contributed by atoms with van der Waals surface area (Å²) in [6.45, 7) is 2.20. The topological polar surface area (TPSA) is 26.0 Å². The van der Waals surface area contributed by atoms with Gasteiger partial charge in [-0.3, -0.25) is 0 Å². The van der Waals surface area contributed by atoms with Crippen molar-refractivity contribution in [3.8, 4) is 0 Å². The second kappa shape index (κ2) is 3.59. The van der Waals surface area contributed by atoms with E-state index in [4.69, 9.17) is 5.73 Å². The van der Waals surface area contributed by atoms with Crippen molar-refractivity contribution in [3.63, 3.8) is 0 Å². The number of rotatable bonds is 2. The summed E-state index contributed by atoms with van der Waals surface area (Å²) in [6.07, 6.45) is 6.53. The zero-order valence-electron chi connectivity index (χ0n) is 10.1. The fourth-order valence-corrected chi connectivity index (χ4v) is 3.87. The third kappa shape index (κ3) is 1.58. The van der Waals surface area contributed by atoms with Crippen molar-refractivity contribution in [1.82, 2.24) is 0 Å². The van der Waals surface area contributed by atoms with Crippen LogP contribution in [-0.4, -0.2) is 5.54 Å². The van der Waals surface area contributed by atoms with Crippen LogP contribution in [0.5, 0.6) is 0 Å². The summed E-state index contributed by atoms with van der Waals surface area (Å²) < 4.78 is 0. The Morgan fingerprint density at radius 3 is 2.75 bits per heavy atom. The van der Waals surface area contributed by atoms with E-state index in [9.17, 15) is 0 Å². The second-order valence-electron chi connectivity index (χ2n) is 5.92. The van der Waals surface area contributed by atoms with Gasteiger partial charge in [0.25, 0.3) is 0 Å². The zero-order valence-corrected chi connectivity index (χ0v) is 10.1. The maximum Gasteiger partial charge on any atom is 0.0226 e. The van der Waals surface area contributed by atoms with E-state index in [2.05, 4.69) is 31.2 Å². The van der Waals surface area contributed by atoms with Crippen molar-refractivity contribution in [2.45, 2.75) is 44.6 Å². The molecule has 0 radical (unpaired) electrons. The van der Waals surface area contributed by atoms with Gasteiger partial charge in [-0.1, -0.05) is 30.7 Å². The minimum atomic E-state index is 0.106. The lowest BCUT2D eigenvalue weighted by Crippen LogP contribution is -2.47. The molecule has 2 saturated carbocycles. The summed E-state index contributed by atoms with van der Waals surface area (Å²) in [6, 6.07) is 8.70. The molecular formula is C15H21N. The van der Waals surface area contributed by atoms with Crippen LogP contribution in [0.1, 0.15) is 36.8 Å². The van der Waals surface area contributed by atoms with Crippen molar-refractivity contribution >= 4 is 0 Å². The van der Waals surface area contributed by atoms with E-state index in [1.165, 1.54) is 36.8 Å². The van der Waals surface area contributed by atoms with Crippen molar-refractivity contribution in [2.24, 2.45) is 17.6 Å². The summed E-state index contributed by atoms with van der Waals surface area (Å²) in [5.74, 6) is 1.72. The van der Waals surface area contributed by atoms with Crippen molar-refractivity contribution < 1.29 is 0 Å². The Kier molecular flexibility index (Phi) is 2.32. The van der Waals surface area contributed by atoms with E-state index in [0.29, 0.717) is 0 Å². The minimum absolute atomic E-state index is 0.106. The lowest BCUT2D eigenvalue weighted by atomic mass is 9.77. The molecule has 1 aromatic rings. The standard InChI is InChI=1S/C15H21N/c1-11-4-2-3-5-13(11)10-15(16)9-12-6-7-14(15)8-12/h2-5,12,14H,6-10,16H2,1H3. The van der Waals surface area contributed by atoms with Gasteiger partial charge in [-0.05, 0) is 55.6 Å². The average Bonchev–Trinajstić information content (AvgIpc) is 2.81. The van der Waals surface area contributed by atoms with Crippen LogP contribution in [0, 0.1) is 18.8 Å². The maximum absolute atomic E-state index is 6.65. The first kappa shape index (κ1) is 10.3. The molecule has 2 N–H and O–H groups in total. The Morgan fingerprint density at radius 2 is 2.12 bits per heavy atom. The Bertz CT molecular complexity index is 398. The third-order valence-corrected chi connectivity index (χ3v) is 4.80. The molecule has 16 heavy (non-hydrogen) atoms. The highest BCUT2D eigenvalue weighted by atomic mass is 14.8. The number of aryl methyl sites for hydroxylation is 1. The summed E-state index contributed by atoms with van der Waals surface area (Å²) in [5, 5.41) is 0. The molecule has 0 aromatic heterocycles. The molecule has 86 valence electrons. The first-order valence-corrected chi connectivity index (χ1v) is 6.51. The van der Waals surface area contributed by atoms with Gasteiger partial charge in [0.1, 0.15) is 0 Å². The van der Waals surface area contributed by atoms with Gasteiger partial charge in [-0.25, -0.2) is 0 Å². The molecule has 2 fully saturated rings. The molecular weight excluding hydrogens is 194 g/mol. The van der Waals surface area contributed by atoms with E-state index >= 15 is 0 Å². The quantitative estimate of drug-likeness (QED) is 0.806. The zero-order chi connectivity index (χ0) is 11.2. The first-order chi connectivity index (χ1) is 7.67. The van der Waals surface area contributed by atoms with Crippen LogP contribution in [0.15, 0.2) is 24.3 Å². The molecule has 0 heterocycles. The second-order valence-corrected chi connectivity index (χ2v) is 5.92. The van der Waals surface area contributed by atoms with Gasteiger partial charge in [0.2, 0.25) is 0 Å². The van der Waals surface area contributed by atoms with Crippen molar-refractivity contribution in [3.05, 3.63) is 35.4 Å². The normalized spacial score (nSPS) is 36.9. The molecule has 1 nitrogen and oxygen atoms in total. The van der Waals surface area contributed by atoms with Crippen LogP contribution in [-0.2, 0) is 6.42 Å². The molecule has 2 aliphatic carbocycles. The summed E-state index contributed by atoms with van der Waals surface area (Å²) >= 11 is 0. The van der Waals surface area contributed by atoms with E-state index in [0.717, 1.165) is 18.3 Å². The number of hydrogen-bond donors (Lipinski definition) is 1. The van der Waals surface area contributed by atoms with Crippen LogP contribution < -0.4 is 5.73 Å². The molecule has 3 atom stereocenters. The van der Waals surface area contributed by atoms with E-state index in [-0.39, 0.29) is 5.54 Å². The molecule has 0 spiro atoms. The fourth-order valence-electron chi connectivity index (χ4n) is 3.87. The Balaban J connectivity index is 1.82. The smallest absolute Gasteiger partial charge is 0.0226 e. The highest BCUT2D eigenvalue weighted by Gasteiger charge is 2.48. The molecule has 3 rings (SSSR count). The number of fused-ring (bicyclic) bond motifs is 2. The molecule has 0 saturated heterocycles. The number of nitrogens with two attached hydrogens (primary N) is 1. The molecule has 1 aromatic carbocycles. The maximum atomic E-state index is 6.65. The van der Waals surface area contributed by atoms with E-state index < -0.39 is 0 Å². The predicted octanol–water partition coefficient (Wildman–Crippen LogP) is 3.06. The summed E-state index contributed by atoms with van der Waals surface area (Å²) in [7, 11) is 0. The Morgan fingerprint density at radius 1 is 1.31 bits per heavy atom. The van der Waals surface area contributed by atoms with Gasteiger partial charge in [0, 0.05) is 5.54 Å². The Hall–Kier alpha value is -0.820.